The van der Waals surface area contributed by atoms with Gasteiger partial charge in [0, 0.05) is 5.69 Å². The number of ether oxygens (including phenoxy) is 1. The zero-order valence-corrected chi connectivity index (χ0v) is 13.8. The Balaban J connectivity index is 2.97. The molecule has 1 atom stereocenters. The van der Waals surface area contributed by atoms with Crippen LogP contribution in [0, 0.1) is 0 Å². The summed E-state index contributed by atoms with van der Waals surface area (Å²) >= 11 is 6.14. The van der Waals surface area contributed by atoms with Gasteiger partial charge in [-0.2, -0.15) is 0 Å². The number of carbonyl (C=O) groups excluding carboxylic acids is 1. The zero-order chi connectivity index (χ0) is 15.7. The van der Waals surface area contributed by atoms with E-state index in [1.807, 2.05) is 50.3 Å². The Morgan fingerprint density at radius 1 is 1.38 bits per heavy atom. The Hall–Kier alpha value is -1.32. The number of carbonyl (C=O) groups is 1. The molecule has 0 spiro atoms. The second kappa shape index (κ2) is 9.59. The molecule has 0 aliphatic carbocycles. The number of amides is 1. The van der Waals surface area contributed by atoms with E-state index in [0.29, 0.717) is 13.0 Å². The normalized spacial score (nSPS) is 12.6. The number of nitrogens with zero attached hydrogens (tertiary/aromatic N) is 1. The Bertz CT molecular complexity index is 474. The van der Waals surface area contributed by atoms with Crippen molar-refractivity contribution in [1.82, 2.24) is 0 Å². The number of halogens is 1. The van der Waals surface area contributed by atoms with E-state index in [0.717, 1.165) is 17.7 Å². The molecule has 1 amide bonds. The van der Waals surface area contributed by atoms with Crippen molar-refractivity contribution in [3.8, 4) is 0 Å². The van der Waals surface area contributed by atoms with E-state index >= 15 is 0 Å². The maximum atomic E-state index is 12.5. The molecule has 1 aromatic rings. The van der Waals surface area contributed by atoms with E-state index in [1.165, 1.54) is 0 Å². The first kappa shape index (κ1) is 17.7. The van der Waals surface area contributed by atoms with E-state index < -0.39 is 5.38 Å². The highest BCUT2D eigenvalue weighted by atomic mass is 35.5. The summed E-state index contributed by atoms with van der Waals surface area (Å²) in [6, 6.07) is 7.87. The Kier molecular flexibility index (Phi) is 8.09. The van der Waals surface area contributed by atoms with Crippen LogP contribution in [-0.4, -0.2) is 24.6 Å². The van der Waals surface area contributed by atoms with Gasteiger partial charge < -0.3 is 4.74 Å². The molecule has 0 N–H and O–H groups in total. The van der Waals surface area contributed by atoms with Gasteiger partial charge in [0.15, 0.2) is 0 Å². The van der Waals surface area contributed by atoms with Gasteiger partial charge in [0.1, 0.15) is 12.1 Å². The van der Waals surface area contributed by atoms with E-state index in [2.05, 4.69) is 6.92 Å². The molecule has 0 aliphatic rings. The number of rotatable bonds is 8. The molecule has 0 aromatic heterocycles. The van der Waals surface area contributed by atoms with E-state index in [1.54, 1.807) is 4.90 Å². The molecule has 0 aliphatic heterocycles. The smallest absolute Gasteiger partial charge is 0.246 e. The molecule has 4 heteroatoms. The minimum absolute atomic E-state index is 0.111. The van der Waals surface area contributed by atoms with Crippen molar-refractivity contribution in [3.63, 3.8) is 0 Å². The molecule has 0 radical (unpaired) electrons. The third-order valence-electron chi connectivity index (χ3n) is 3.23. The summed E-state index contributed by atoms with van der Waals surface area (Å²) in [5, 5.41) is -0.528. The van der Waals surface area contributed by atoms with Gasteiger partial charge in [-0.3, -0.25) is 9.69 Å². The summed E-state index contributed by atoms with van der Waals surface area (Å²) in [6.45, 7) is 6.60. The van der Waals surface area contributed by atoms with Crippen LogP contribution in [0.3, 0.4) is 0 Å². The molecule has 1 unspecified atom stereocenters. The lowest BCUT2D eigenvalue weighted by Crippen LogP contribution is -2.39. The first-order valence-electron chi connectivity index (χ1n) is 7.37. The second-order valence-electron chi connectivity index (χ2n) is 4.69. The van der Waals surface area contributed by atoms with Crippen LogP contribution in [0.5, 0.6) is 0 Å². The van der Waals surface area contributed by atoms with Gasteiger partial charge in [-0.1, -0.05) is 44.2 Å². The molecule has 1 rings (SSSR count). The van der Waals surface area contributed by atoms with Gasteiger partial charge in [0.25, 0.3) is 0 Å². The average Bonchev–Trinajstić information content (AvgIpc) is 2.53. The SMILES string of the molecule is CC=CCOCN(C(=O)C(Cl)CC)c1ccccc1CC. The van der Waals surface area contributed by atoms with Crippen LogP contribution in [0.4, 0.5) is 5.69 Å². The molecule has 1 aromatic carbocycles. The maximum Gasteiger partial charge on any atom is 0.246 e. The quantitative estimate of drug-likeness (QED) is 0.312. The lowest BCUT2D eigenvalue weighted by atomic mass is 10.1. The molecule has 0 heterocycles. The Morgan fingerprint density at radius 2 is 2.10 bits per heavy atom. The molecule has 0 saturated heterocycles. The Morgan fingerprint density at radius 3 is 2.71 bits per heavy atom. The monoisotopic (exact) mass is 309 g/mol. The third kappa shape index (κ3) is 5.18. The number of para-hydroxylation sites is 1. The highest BCUT2D eigenvalue weighted by Gasteiger charge is 2.23. The minimum atomic E-state index is -0.528. The second-order valence-corrected chi connectivity index (χ2v) is 5.22. The molecule has 21 heavy (non-hydrogen) atoms. The van der Waals surface area contributed by atoms with Crippen molar-refractivity contribution in [2.75, 3.05) is 18.2 Å². The maximum absolute atomic E-state index is 12.5. The van der Waals surface area contributed by atoms with Gasteiger partial charge in [0.05, 0.1) is 6.61 Å². The van der Waals surface area contributed by atoms with Crippen LogP contribution >= 0.6 is 11.6 Å². The molecule has 0 fully saturated rings. The first-order chi connectivity index (χ1) is 10.2. The van der Waals surface area contributed by atoms with Crippen molar-refractivity contribution < 1.29 is 9.53 Å². The molecular weight excluding hydrogens is 286 g/mol. The first-order valence-corrected chi connectivity index (χ1v) is 7.81. The lowest BCUT2D eigenvalue weighted by Gasteiger charge is -2.26. The van der Waals surface area contributed by atoms with E-state index in [4.69, 9.17) is 16.3 Å². The van der Waals surface area contributed by atoms with Crippen LogP contribution in [-0.2, 0) is 16.0 Å². The van der Waals surface area contributed by atoms with Crippen LogP contribution in [0.2, 0.25) is 0 Å². The summed E-state index contributed by atoms with van der Waals surface area (Å²) in [5.74, 6) is -0.111. The summed E-state index contributed by atoms with van der Waals surface area (Å²) in [7, 11) is 0. The fourth-order valence-electron chi connectivity index (χ4n) is 1.98. The Labute approximate surface area is 132 Å². The van der Waals surface area contributed by atoms with Crippen LogP contribution in [0.25, 0.3) is 0 Å². The standard InChI is InChI=1S/C17H24ClNO2/c1-4-7-12-21-13-19(17(20)15(18)6-3)16-11-9-8-10-14(16)5-2/h4,7-11,15H,5-6,12-13H2,1-3H3. The van der Waals surface area contributed by atoms with Gasteiger partial charge in [-0.05, 0) is 31.4 Å². The number of hydrogen-bond donors (Lipinski definition) is 0. The summed E-state index contributed by atoms with van der Waals surface area (Å²) in [4.78, 5) is 14.1. The van der Waals surface area contributed by atoms with Crippen molar-refractivity contribution in [2.45, 2.75) is 39.0 Å². The number of alkyl halides is 1. The lowest BCUT2D eigenvalue weighted by molar-refractivity contribution is -0.119. The van der Waals surface area contributed by atoms with Gasteiger partial charge >= 0.3 is 0 Å². The van der Waals surface area contributed by atoms with Crippen LogP contribution < -0.4 is 4.90 Å². The summed E-state index contributed by atoms with van der Waals surface area (Å²) in [5.41, 5.74) is 1.99. The zero-order valence-electron chi connectivity index (χ0n) is 13.0. The summed E-state index contributed by atoms with van der Waals surface area (Å²) < 4.78 is 5.57. The third-order valence-corrected chi connectivity index (χ3v) is 3.72. The highest BCUT2D eigenvalue weighted by molar-refractivity contribution is 6.32. The highest BCUT2D eigenvalue weighted by Crippen LogP contribution is 2.23. The fourth-order valence-corrected chi connectivity index (χ4v) is 2.09. The number of allylic oxidation sites excluding steroid dienone is 1. The summed E-state index contributed by atoms with van der Waals surface area (Å²) in [6.07, 6.45) is 5.28. The topological polar surface area (TPSA) is 29.5 Å². The number of hydrogen-bond acceptors (Lipinski definition) is 2. The molecular formula is C17H24ClNO2. The van der Waals surface area contributed by atoms with Gasteiger partial charge in [-0.25, -0.2) is 0 Å². The van der Waals surface area contributed by atoms with Crippen LogP contribution in [0.1, 0.15) is 32.8 Å². The molecule has 3 nitrogen and oxygen atoms in total. The number of aryl methyl sites for hydroxylation is 1. The van der Waals surface area contributed by atoms with Crippen molar-refractivity contribution >= 4 is 23.2 Å². The van der Waals surface area contributed by atoms with Crippen molar-refractivity contribution in [2.24, 2.45) is 0 Å². The van der Waals surface area contributed by atoms with Crippen molar-refractivity contribution in [3.05, 3.63) is 42.0 Å². The number of anilines is 1. The predicted molar refractivity (Wildman–Crippen MR) is 88.9 cm³/mol. The van der Waals surface area contributed by atoms with E-state index in [-0.39, 0.29) is 12.6 Å². The molecule has 0 bridgehead atoms. The minimum Gasteiger partial charge on any atom is -0.357 e. The van der Waals surface area contributed by atoms with Gasteiger partial charge in [-0.15, -0.1) is 11.6 Å². The fraction of sp³-hybridized carbons (Fsp3) is 0.471. The largest absolute Gasteiger partial charge is 0.357 e. The van der Waals surface area contributed by atoms with Crippen molar-refractivity contribution in [1.29, 1.82) is 0 Å². The van der Waals surface area contributed by atoms with E-state index in [9.17, 15) is 4.79 Å². The average molecular weight is 310 g/mol. The molecule has 0 saturated carbocycles. The molecule has 116 valence electrons. The van der Waals surface area contributed by atoms with Crippen LogP contribution in [0.15, 0.2) is 36.4 Å². The number of benzene rings is 1. The van der Waals surface area contributed by atoms with Gasteiger partial charge in [0.2, 0.25) is 5.91 Å². The predicted octanol–water partition coefficient (Wildman–Crippen LogP) is 4.15.